The van der Waals surface area contributed by atoms with Gasteiger partial charge in [0.05, 0.1) is 0 Å². The molecule has 1 saturated carbocycles. The van der Waals surface area contributed by atoms with E-state index in [2.05, 4.69) is 46.8 Å². The minimum Gasteiger partial charge on any atom is -0.0807 e. The Morgan fingerprint density at radius 1 is 1.15 bits per heavy atom. The van der Waals surface area contributed by atoms with E-state index in [0.717, 1.165) is 17.8 Å². The highest BCUT2D eigenvalue weighted by Gasteiger charge is 2.52. The summed E-state index contributed by atoms with van der Waals surface area (Å²) >= 11 is 0. The van der Waals surface area contributed by atoms with E-state index in [1.54, 1.807) is 11.1 Å². The van der Waals surface area contributed by atoms with Gasteiger partial charge in [0, 0.05) is 0 Å². The quantitative estimate of drug-likeness (QED) is 0.537. The zero-order chi connectivity index (χ0) is 14.5. The molecule has 3 rings (SSSR count). The van der Waals surface area contributed by atoms with Crippen LogP contribution in [0.3, 0.4) is 0 Å². The summed E-state index contributed by atoms with van der Waals surface area (Å²) in [5, 5.41) is 0. The van der Waals surface area contributed by atoms with Crippen LogP contribution in [-0.2, 0) is 0 Å². The number of allylic oxidation sites excluding steroid dienone is 4. The van der Waals surface area contributed by atoms with E-state index in [1.807, 2.05) is 0 Å². The van der Waals surface area contributed by atoms with Crippen LogP contribution in [0, 0.1) is 28.6 Å². The highest BCUT2D eigenvalue weighted by molar-refractivity contribution is 5.35. The molecule has 3 atom stereocenters. The molecule has 3 aliphatic carbocycles. The summed E-state index contributed by atoms with van der Waals surface area (Å²) in [6, 6.07) is 0. The van der Waals surface area contributed by atoms with Crippen LogP contribution >= 0.6 is 0 Å². The largest absolute Gasteiger partial charge is 0.0807 e. The van der Waals surface area contributed by atoms with Crippen LogP contribution in [0.4, 0.5) is 0 Å². The molecular formula is C20H32. The molecule has 3 unspecified atom stereocenters. The van der Waals surface area contributed by atoms with Gasteiger partial charge in [0.2, 0.25) is 0 Å². The van der Waals surface area contributed by atoms with Crippen molar-refractivity contribution in [3.8, 4) is 0 Å². The Morgan fingerprint density at radius 3 is 2.60 bits per heavy atom. The molecule has 1 fully saturated rings. The second kappa shape index (κ2) is 4.75. The van der Waals surface area contributed by atoms with Gasteiger partial charge in [-0.1, -0.05) is 58.8 Å². The van der Waals surface area contributed by atoms with Gasteiger partial charge in [0.25, 0.3) is 0 Å². The van der Waals surface area contributed by atoms with Gasteiger partial charge in [0.1, 0.15) is 0 Å². The summed E-state index contributed by atoms with van der Waals surface area (Å²) in [6.45, 7) is 12.4. The van der Waals surface area contributed by atoms with Crippen molar-refractivity contribution in [3.63, 3.8) is 0 Å². The third kappa shape index (κ3) is 2.11. The van der Waals surface area contributed by atoms with Crippen LogP contribution in [-0.4, -0.2) is 0 Å². The second-order valence-electron chi connectivity index (χ2n) is 8.81. The zero-order valence-corrected chi connectivity index (χ0v) is 14.1. The summed E-state index contributed by atoms with van der Waals surface area (Å²) in [4.78, 5) is 0. The van der Waals surface area contributed by atoms with E-state index >= 15 is 0 Å². The van der Waals surface area contributed by atoms with E-state index in [1.165, 1.54) is 38.5 Å². The summed E-state index contributed by atoms with van der Waals surface area (Å²) in [5.41, 5.74) is 4.48. The third-order valence-electron chi connectivity index (χ3n) is 6.88. The van der Waals surface area contributed by atoms with E-state index < -0.39 is 0 Å². The summed E-state index contributed by atoms with van der Waals surface area (Å²) in [6.07, 6.45) is 13.5. The normalized spacial score (nSPS) is 39.7. The Morgan fingerprint density at radius 2 is 1.90 bits per heavy atom. The fourth-order valence-corrected chi connectivity index (χ4v) is 5.66. The van der Waals surface area contributed by atoms with Gasteiger partial charge in [-0.15, -0.1) is 0 Å². The van der Waals surface area contributed by atoms with E-state index in [4.69, 9.17) is 0 Å². The lowest BCUT2D eigenvalue weighted by molar-refractivity contribution is -0.0389. The maximum atomic E-state index is 2.62. The fourth-order valence-electron chi connectivity index (χ4n) is 5.66. The molecule has 0 heterocycles. The lowest BCUT2D eigenvalue weighted by atomic mass is 9.47. The minimum absolute atomic E-state index is 0.539. The molecule has 0 spiro atoms. The van der Waals surface area contributed by atoms with Gasteiger partial charge in [-0.05, 0) is 66.3 Å². The molecule has 0 aromatic heterocycles. The van der Waals surface area contributed by atoms with Crippen molar-refractivity contribution < 1.29 is 0 Å². The lowest BCUT2D eigenvalue weighted by Crippen LogP contribution is -2.49. The maximum Gasteiger partial charge on any atom is -0.0105 e. The van der Waals surface area contributed by atoms with Gasteiger partial charge >= 0.3 is 0 Å². The predicted octanol–water partition coefficient (Wildman–Crippen LogP) is 6.14. The molecule has 0 nitrogen and oxygen atoms in total. The Balaban J connectivity index is 1.97. The van der Waals surface area contributed by atoms with Crippen molar-refractivity contribution in [3.05, 3.63) is 23.3 Å². The van der Waals surface area contributed by atoms with Crippen LogP contribution < -0.4 is 0 Å². The molecule has 3 aliphatic rings. The van der Waals surface area contributed by atoms with Crippen LogP contribution in [0.5, 0.6) is 0 Å². The Kier molecular flexibility index (Phi) is 3.42. The predicted molar refractivity (Wildman–Crippen MR) is 87.6 cm³/mol. The number of hydrogen-bond donors (Lipinski definition) is 0. The first-order valence-electron chi connectivity index (χ1n) is 8.75. The van der Waals surface area contributed by atoms with Gasteiger partial charge in [-0.2, -0.15) is 0 Å². The minimum atomic E-state index is 0.539. The Bertz CT molecular complexity index is 449. The zero-order valence-electron chi connectivity index (χ0n) is 14.1. The van der Waals surface area contributed by atoms with Gasteiger partial charge in [-0.25, -0.2) is 0 Å². The third-order valence-corrected chi connectivity index (χ3v) is 6.88. The van der Waals surface area contributed by atoms with Gasteiger partial charge in [0.15, 0.2) is 0 Å². The number of rotatable bonds is 1. The van der Waals surface area contributed by atoms with Crippen molar-refractivity contribution in [2.45, 2.75) is 73.1 Å². The molecule has 0 N–H and O–H groups in total. The summed E-state index contributed by atoms with van der Waals surface area (Å²) in [5.74, 6) is 2.46. The van der Waals surface area contributed by atoms with Crippen LogP contribution in [0.1, 0.15) is 73.1 Å². The second-order valence-corrected chi connectivity index (χ2v) is 8.81. The van der Waals surface area contributed by atoms with Crippen molar-refractivity contribution >= 4 is 0 Å². The lowest BCUT2D eigenvalue weighted by Gasteiger charge is -2.57. The Labute approximate surface area is 125 Å². The highest BCUT2D eigenvalue weighted by atomic mass is 14.6. The van der Waals surface area contributed by atoms with Crippen LogP contribution in [0.25, 0.3) is 0 Å². The molecule has 0 aromatic rings. The molecule has 0 amide bonds. The monoisotopic (exact) mass is 272 g/mol. The standard InChI is InChI=1S/C20H32/c1-14(2)15-7-9-17-16(13-15)8-10-18-19(3,4)11-6-12-20(17,18)5/h8,13-14,17-18H,6-7,9-12H2,1-5H3. The number of hydrogen-bond acceptors (Lipinski definition) is 0. The first-order valence-corrected chi connectivity index (χ1v) is 8.75. The smallest absolute Gasteiger partial charge is 0.0105 e. The van der Waals surface area contributed by atoms with Crippen molar-refractivity contribution in [2.24, 2.45) is 28.6 Å². The van der Waals surface area contributed by atoms with Crippen LogP contribution in [0.2, 0.25) is 0 Å². The molecule has 0 saturated heterocycles. The molecule has 0 aliphatic heterocycles. The summed E-state index contributed by atoms with van der Waals surface area (Å²) in [7, 11) is 0. The molecule has 20 heavy (non-hydrogen) atoms. The first kappa shape index (κ1) is 14.4. The molecule has 0 heteroatoms. The first-order chi connectivity index (χ1) is 9.34. The molecule has 0 radical (unpaired) electrons. The summed E-state index contributed by atoms with van der Waals surface area (Å²) < 4.78 is 0. The number of fused-ring (bicyclic) bond motifs is 3. The van der Waals surface area contributed by atoms with E-state index in [0.29, 0.717) is 10.8 Å². The molecule has 0 bridgehead atoms. The van der Waals surface area contributed by atoms with Crippen molar-refractivity contribution in [1.82, 2.24) is 0 Å². The molecule has 0 aromatic carbocycles. The van der Waals surface area contributed by atoms with Crippen molar-refractivity contribution in [1.29, 1.82) is 0 Å². The molecular weight excluding hydrogens is 240 g/mol. The average molecular weight is 272 g/mol. The topological polar surface area (TPSA) is 0 Å². The van der Waals surface area contributed by atoms with E-state index in [-0.39, 0.29) is 0 Å². The van der Waals surface area contributed by atoms with Crippen LogP contribution in [0.15, 0.2) is 23.3 Å². The molecule has 112 valence electrons. The van der Waals surface area contributed by atoms with Gasteiger partial charge in [-0.3, -0.25) is 0 Å². The average Bonchev–Trinajstić information content (AvgIpc) is 2.37. The van der Waals surface area contributed by atoms with Gasteiger partial charge < -0.3 is 0 Å². The van der Waals surface area contributed by atoms with E-state index in [9.17, 15) is 0 Å². The highest BCUT2D eigenvalue weighted by Crippen LogP contribution is 2.61. The Hall–Kier alpha value is -0.520. The van der Waals surface area contributed by atoms with Crippen molar-refractivity contribution in [2.75, 3.05) is 0 Å². The maximum absolute atomic E-state index is 2.62. The SMILES string of the molecule is CC(C)C1=CC2=CCC3C(C)(C)CCCC3(C)C2CC1. The fraction of sp³-hybridized carbons (Fsp3) is 0.800.